The van der Waals surface area contributed by atoms with Crippen molar-refractivity contribution >= 4 is 21.7 Å². The lowest BCUT2D eigenvalue weighted by atomic mass is 10.2. The summed E-state index contributed by atoms with van der Waals surface area (Å²) >= 11 is 3.22. The fourth-order valence-corrected chi connectivity index (χ4v) is 1.99. The van der Waals surface area contributed by atoms with Gasteiger partial charge in [0.25, 0.3) is 0 Å². The first-order chi connectivity index (χ1) is 9.47. The van der Waals surface area contributed by atoms with E-state index in [0.29, 0.717) is 10.2 Å². The zero-order chi connectivity index (χ0) is 14.7. The van der Waals surface area contributed by atoms with Crippen LogP contribution in [-0.2, 0) is 0 Å². The molecular weight excluding hydrogens is 326 g/mol. The van der Waals surface area contributed by atoms with Crippen molar-refractivity contribution < 1.29 is 9.66 Å². The van der Waals surface area contributed by atoms with Crippen LogP contribution in [0, 0.1) is 17.0 Å². The van der Waals surface area contributed by atoms with E-state index in [0.717, 1.165) is 5.69 Å². The molecule has 6 nitrogen and oxygen atoms in total. The van der Waals surface area contributed by atoms with Crippen molar-refractivity contribution in [2.75, 3.05) is 0 Å². The molecule has 0 radical (unpaired) electrons. The van der Waals surface area contributed by atoms with E-state index in [1.54, 1.807) is 6.92 Å². The maximum atomic E-state index is 10.9. The smallest absolute Gasteiger partial charge is 0.406 e. The van der Waals surface area contributed by atoms with Gasteiger partial charge in [0.1, 0.15) is 6.10 Å². The van der Waals surface area contributed by atoms with E-state index < -0.39 is 11.0 Å². The summed E-state index contributed by atoms with van der Waals surface area (Å²) in [6.45, 7) is 3.66. The van der Waals surface area contributed by atoms with Crippen molar-refractivity contribution in [3.63, 3.8) is 0 Å². The Morgan fingerprint density at radius 2 is 2.20 bits per heavy atom. The molecule has 2 aromatic heterocycles. The van der Waals surface area contributed by atoms with Gasteiger partial charge in [0, 0.05) is 11.8 Å². The maximum Gasteiger partial charge on any atom is 0.406 e. The van der Waals surface area contributed by atoms with Gasteiger partial charge in [-0.25, -0.2) is 0 Å². The highest BCUT2D eigenvalue weighted by Crippen LogP contribution is 2.31. The molecule has 0 fully saturated rings. The lowest BCUT2D eigenvalue weighted by Gasteiger charge is -2.14. The quantitative estimate of drug-likeness (QED) is 0.629. The minimum atomic E-state index is -0.571. The Morgan fingerprint density at radius 1 is 1.45 bits per heavy atom. The molecule has 104 valence electrons. The van der Waals surface area contributed by atoms with Gasteiger partial charge in [-0.15, -0.1) is 0 Å². The zero-order valence-corrected chi connectivity index (χ0v) is 12.5. The molecule has 0 aliphatic rings. The normalized spacial score (nSPS) is 11.9. The minimum Gasteiger partial charge on any atom is -0.476 e. The number of halogens is 1. The molecule has 1 atom stereocenters. The van der Waals surface area contributed by atoms with Crippen molar-refractivity contribution in [1.29, 1.82) is 0 Å². The van der Waals surface area contributed by atoms with Crippen LogP contribution in [0.3, 0.4) is 0 Å². The molecule has 1 unspecified atom stereocenters. The number of hydrogen-bond donors (Lipinski definition) is 0. The molecule has 20 heavy (non-hydrogen) atoms. The summed E-state index contributed by atoms with van der Waals surface area (Å²) in [6, 6.07) is 7.08. The molecule has 2 heterocycles. The van der Waals surface area contributed by atoms with Crippen molar-refractivity contribution in [1.82, 2.24) is 9.97 Å². The van der Waals surface area contributed by atoms with Crippen LogP contribution in [0.25, 0.3) is 0 Å². The molecule has 0 aliphatic carbocycles. The summed E-state index contributed by atoms with van der Waals surface area (Å²) in [5.41, 5.74) is 1.57. The van der Waals surface area contributed by atoms with Crippen LogP contribution in [0.4, 0.5) is 5.82 Å². The number of aryl methyl sites for hydroxylation is 1. The number of nitrogens with zero attached hydrogens (tertiary/aromatic N) is 3. The van der Waals surface area contributed by atoms with Gasteiger partial charge in [-0.2, -0.15) is 0 Å². The van der Waals surface area contributed by atoms with E-state index >= 15 is 0 Å². The summed E-state index contributed by atoms with van der Waals surface area (Å²) in [4.78, 5) is 18.5. The first-order valence-corrected chi connectivity index (χ1v) is 6.67. The monoisotopic (exact) mass is 337 g/mol. The third-order valence-corrected chi connectivity index (χ3v) is 3.04. The average Bonchev–Trinajstić information content (AvgIpc) is 2.38. The van der Waals surface area contributed by atoms with Gasteiger partial charge < -0.3 is 14.9 Å². The van der Waals surface area contributed by atoms with Crippen molar-refractivity contribution in [2.24, 2.45) is 0 Å². The number of hydrogen-bond acceptors (Lipinski definition) is 5. The number of nitro groups is 1. The van der Waals surface area contributed by atoms with Gasteiger partial charge in [0.05, 0.1) is 10.2 Å². The van der Waals surface area contributed by atoms with Gasteiger partial charge in [-0.1, -0.05) is 6.07 Å². The standard InChI is InChI=1S/C13H12BrN3O3/c1-8-4-3-5-11(16-8)9(2)20-12-6-10(14)7-15-13(12)17(18)19/h3-7,9H,1-2H3. The van der Waals surface area contributed by atoms with E-state index in [1.807, 2.05) is 25.1 Å². The number of aromatic nitrogens is 2. The first kappa shape index (κ1) is 14.4. The van der Waals surface area contributed by atoms with Crippen LogP contribution in [0.15, 0.2) is 34.9 Å². The van der Waals surface area contributed by atoms with Crippen molar-refractivity contribution in [3.8, 4) is 5.75 Å². The highest BCUT2D eigenvalue weighted by Gasteiger charge is 2.20. The summed E-state index contributed by atoms with van der Waals surface area (Å²) in [6.07, 6.45) is 0.949. The Morgan fingerprint density at radius 3 is 2.85 bits per heavy atom. The molecule has 0 amide bonds. The molecule has 2 rings (SSSR count). The van der Waals surface area contributed by atoms with Crippen molar-refractivity contribution in [2.45, 2.75) is 20.0 Å². The summed E-state index contributed by atoms with van der Waals surface area (Å²) in [7, 11) is 0. The highest BCUT2D eigenvalue weighted by molar-refractivity contribution is 9.10. The number of pyridine rings is 2. The Balaban J connectivity index is 2.29. The molecule has 0 spiro atoms. The predicted octanol–water partition coefficient (Wildman–Crippen LogP) is 3.60. The second-order valence-corrected chi connectivity index (χ2v) is 5.11. The number of ether oxygens (including phenoxy) is 1. The molecule has 0 saturated carbocycles. The molecule has 7 heteroatoms. The molecule has 0 bridgehead atoms. The molecule has 0 aliphatic heterocycles. The highest BCUT2D eigenvalue weighted by atomic mass is 79.9. The van der Waals surface area contributed by atoms with Crippen LogP contribution in [-0.4, -0.2) is 14.9 Å². The SMILES string of the molecule is Cc1cccc(C(C)Oc2cc(Br)cnc2[N+](=O)[O-])n1. The third-order valence-electron chi connectivity index (χ3n) is 2.60. The Hall–Kier alpha value is -2.02. The lowest BCUT2D eigenvalue weighted by Crippen LogP contribution is -2.08. The van der Waals surface area contributed by atoms with E-state index in [9.17, 15) is 10.1 Å². The largest absolute Gasteiger partial charge is 0.476 e. The lowest BCUT2D eigenvalue weighted by molar-refractivity contribution is -0.390. The van der Waals surface area contributed by atoms with Crippen LogP contribution in [0.2, 0.25) is 0 Å². The zero-order valence-electron chi connectivity index (χ0n) is 10.9. The second-order valence-electron chi connectivity index (χ2n) is 4.20. The van der Waals surface area contributed by atoms with Crippen LogP contribution >= 0.6 is 15.9 Å². The first-order valence-electron chi connectivity index (χ1n) is 5.87. The maximum absolute atomic E-state index is 10.9. The molecule has 0 aromatic carbocycles. The van der Waals surface area contributed by atoms with E-state index in [-0.39, 0.29) is 11.6 Å². The summed E-state index contributed by atoms with van der Waals surface area (Å²) in [5, 5.41) is 10.9. The summed E-state index contributed by atoms with van der Waals surface area (Å²) in [5.74, 6) is -0.201. The summed E-state index contributed by atoms with van der Waals surface area (Å²) < 4.78 is 6.25. The van der Waals surface area contributed by atoms with Gasteiger partial charge in [0.2, 0.25) is 5.75 Å². The van der Waals surface area contributed by atoms with Gasteiger partial charge in [-0.3, -0.25) is 4.98 Å². The number of rotatable bonds is 4. The van der Waals surface area contributed by atoms with Gasteiger partial charge in [-0.05, 0) is 51.8 Å². The fourth-order valence-electron chi connectivity index (χ4n) is 1.68. The molecule has 2 aromatic rings. The van der Waals surface area contributed by atoms with E-state index in [4.69, 9.17) is 4.74 Å². The predicted molar refractivity (Wildman–Crippen MR) is 76.6 cm³/mol. The Kier molecular flexibility index (Phi) is 4.29. The van der Waals surface area contributed by atoms with Crippen LogP contribution in [0.5, 0.6) is 5.75 Å². The van der Waals surface area contributed by atoms with Crippen molar-refractivity contribution in [3.05, 3.63) is 56.4 Å². The minimum absolute atomic E-state index is 0.111. The van der Waals surface area contributed by atoms with E-state index in [2.05, 4.69) is 25.9 Å². The van der Waals surface area contributed by atoms with Crippen LogP contribution < -0.4 is 4.74 Å². The fraction of sp³-hybridized carbons (Fsp3) is 0.231. The Bertz CT molecular complexity index is 649. The average molecular weight is 338 g/mol. The molecule has 0 N–H and O–H groups in total. The van der Waals surface area contributed by atoms with Crippen LogP contribution in [0.1, 0.15) is 24.4 Å². The molecule has 0 saturated heterocycles. The third kappa shape index (κ3) is 3.30. The van der Waals surface area contributed by atoms with Gasteiger partial charge in [0.15, 0.2) is 6.20 Å². The topological polar surface area (TPSA) is 78.2 Å². The Labute approximate surface area is 124 Å². The molecular formula is C13H12BrN3O3. The van der Waals surface area contributed by atoms with Gasteiger partial charge >= 0.3 is 5.82 Å². The second kappa shape index (κ2) is 5.96. The van der Waals surface area contributed by atoms with E-state index in [1.165, 1.54) is 12.3 Å².